The fraction of sp³-hybridized carbons (Fsp3) is 0.444. The summed E-state index contributed by atoms with van der Waals surface area (Å²) in [5, 5.41) is 0. The van der Waals surface area contributed by atoms with Crippen molar-refractivity contribution in [2.45, 2.75) is 26.6 Å². The standard InChI is InChI=1S/C9H15N3O/c1-7(2)13-6-8-4-3-5-11-9(8)12-10/h3-5,7H,6,10H2,1-2H3,(H,11,12). The van der Waals surface area contributed by atoms with Crippen molar-refractivity contribution in [3.63, 3.8) is 0 Å². The largest absolute Gasteiger partial charge is 0.374 e. The lowest BCUT2D eigenvalue weighted by atomic mass is 10.3. The van der Waals surface area contributed by atoms with Gasteiger partial charge in [-0.2, -0.15) is 0 Å². The van der Waals surface area contributed by atoms with Crippen LogP contribution in [0, 0.1) is 0 Å². The summed E-state index contributed by atoms with van der Waals surface area (Å²) in [4.78, 5) is 4.06. The van der Waals surface area contributed by atoms with Gasteiger partial charge in [0, 0.05) is 11.8 Å². The smallest absolute Gasteiger partial charge is 0.145 e. The fourth-order valence-corrected chi connectivity index (χ4v) is 0.941. The maximum Gasteiger partial charge on any atom is 0.145 e. The van der Waals surface area contributed by atoms with Crippen LogP contribution in [0.1, 0.15) is 19.4 Å². The molecule has 0 saturated carbocycles. The summed E-state index contributed by atoms with van der Waals surface area (Å²) in [6.07, 6.45) is 1.90. The molecule has 0 unspecified atom stereocenters. The monoisotopic (exact) mass is 181 g/mol. The lowest BCUT2D eigenvalue weighted by Crippen LogP contribution is -2.12. The molecule has 4 nitrogen and oxygen atoms in total. The molecular weight excluding hydrogens is 166 g/mol. The lowest BCUT2D eigenvalue weighted by molar-refractivity contribution is 0.0659. The molecule has 0 aliphatic rings. The summed E-state index contributed by atoms with van der Waals surface area (Å²) in [5.41, 5.74) is 3.50. The van der Waals surface area contributed by atoms with Gasteiger partial charge in [0.1, 0.15) is 5.82 Å². The molecule has 0 radical (unpaired) electrons. The Kier molecular flexibility index (Phi) is 3.67. The van der Waals surface area contributed by atoms with Crippen LogP contribution in [0.4, 0.5) is 5.82 Å². The Morgan fingerprint density at radius 1 is 1.62 bits per heavy atom. The van der Waals surface area contributed by atoms with E-state index in [-0.39, 0.29) is 6.10 Å². The van der Waals surface area contributed by atoms with Crippen LogP contribution < -0.4 is 11.3 Å². The van der Waals surface area contributed by atoms with E-state index in [0.717, 1.165) is 5.56 Å². The summed E-state index contributed by atoms with van der Waals surface area (Å²) in [7, 11) is 0. The van der Waals surface area contributed by atoms with Gasteiger partial charge in [0.2, 0.25) is 0 Å². The van der Waals surface area contributed by atoms with Gasteiger partial charge in [-0.05, 0) is 19.9 Å². The van der Waals surface area contributed by atoms with Gasteiger partial charge in [0.05, 0.1) is 12.7 Å². The number of hydrogen-bond acceptors (Lipinski definition) is 4. The molecule has 1 rings (SSSR count). The minimum Gasteiger partial charge on any atom is -0.374 e. The zero-order valence-corrected chi connectivity index (χ0v) is 7.95. The van der Waals surface area contributed by atoms with E-state index < -0.39 is 0 Å². The molecule has 0 bridgehead atoms. The van der Waals surface area contributed by atoms with Gasteiger partial charge in [-0.15, -0.1) is 0 Å². The number of ether oxygens (including phenoxy) is 1. The van der Waals surface area contributed by atoms with Crippen molar-refractivity contribution in [2.24, 2.45) is 5.84 Å². The summed E-state index contributed by atoms with van der Waals surface area (Å²) < 4.78 is 5.43. The van der Waals surface area contributed by atoms with E-state index in [4.69, 9.17) is 10.6 Å². The Labute approximate surface area is 78.1 Å². The predicted octanol–water partition coefficient (Wildman–Crippen LogP) is 1.29. The molecule has 0 spiro atoms. The van der Waals surface area contributed by atoms with Gasteiger partial charge in [-0.3, -0.25) is 0 Å². The highest BCUT2D eigenvalue weighted by atomic mass is 16.5. The number of nitrogens with one attached hydrogen (secondary N) is 1. The summed E-state index contributed by atoms with van der Waals surface area (Å²) in [6.45, 7) is 4.52. The number of pyridine rings is 1. The Balaban J connectivity index is 2.64. The van der Waals surface area contributed by atoms with E-state index in [1.807, 2.05) is 26.0 Å². The minimum absolute atomic E-state index is 0.214. The van der Waals surface area contributed by atoms with Crippen LogP contribution in [-0.4, -0.2) is 11.1 Å². The van der Waals surface area contributed by atoms with Gasteiger partial charge < -0.3 is 10.2 Å². The summed E-state index contributed by atoms with van der Waals surface area (Å²) in [6, 6.07) is 3.80. The molecule has 0 saturated heterocycles. The lowest BCUT2D eigenvalue weighted by Gasteiger charge is -2.10. The average Bonchev–Trinajstić information content (AvgIpc) is 2.15. The van der Waals surface area contributed by atoms with Crippen LogP contribution in [0.5, 0.6) is 0 Å². The van der Waals surface area contributed by atoms with Gasteiger partial charge in [-0.25, -0.2) is 10.8 Å². The normalized spacial score (nSPS) is 10.5. The van der Waals surface area contributed by atoms with Crippen LogP contribution in [0.2, 0.25) is 0 Å². The zero-order valence-electron chi connectivity index (χ0n) is 7.95. The Morgan fingerprint density at radius 3 is 3.00 bits per heavy atom. The number of hydrogen-bond donors (Lipinski definition) is 2. The SMILES string of the molecule is CC(C)OCc1cccnc1NN. The maximum absolute atomic E-state index is 5.43. The molecule has 0 aliphatic carbocycles. The van der Waals surface area contributed by atoms with Gasteiger partial charge >= 0.3 is 0 Å². The Bertz CT molecular complexity index is 263. The van der Waals surface area contributed by atoms with Crippen LogP contribution in [0.3, 0.4) is 0 Å². The fourth-order valence-electron chi connectivity index (χ4n) is 0.941. The number of rotatable bonds is 4. The Morgan fingerprint density at radius 2 is 2.38 bits per heavy atom. The first-order valence-electron chi connectivity index (χ1n) is 4.26. The van der Waals surface area contributed by atoms with Crippen molar-refractivity contribution in [2.75, 3.05) is 5.43 Å². The summed E-state index contributed by atoms with van der Waals surface area (Å²) in [5.74, 6) is 5.96. The molecular formula is C9H15N3O. The molecule has 4 heteroatoms. The second-order valence-electron chi connectivity index (χ2n) is 3.02. The van der Waals surface area contributed by atoms with Crippen molar-refractivity contribution >= 4 is 5.82 Å². The average molecular weight is 181 g/mol. The third-order valence-corrected chi connectivity index (χ3v) is 1.60. The molecule has 1 heterocycles. The number of aromatic nitrogens is 1. The Hall–Kier alpha value is -1.13. The molecule has 1 aromatic rings. The molecule has 0 atom stereocenters. The first-order valence-corrected chi connectivity index (χ1v) is 4.26. The summed E-state index contributed by atoms with van der Waals surface area (Å²) >= 11 is 0. The number of hydrazine groups is 1. The number of anilines is 1. The maximum atomic E-state index is 5.43. The van der Waals surface area contributed by atoms with Crippen LogP contribution in [0.25, 0.3) is 0 Å². The highest BCUT2D eigenvalue weighted by molar-refractivity contribution is 5.41. The van der Waals surface area contributed by atoms with E-state index in [1.165, 1.54) is 0 Å². The predicted molar refractivity (Wildman–Crippen MR) is 52.0 cm³/mol. The second-order valence-corrected chi connectivity index (χ2v) is 3.02. The number of nitrogen functional groups attached to an aromatic ring is 1. The van der Waals surface area contributed by atoms with Crippen molar-refractivity contribution < 1.29 is 4.74 Å². The van der Waals surface area contributed by atoms with Gasteiger partial charge in [0.25, 0.3) is 0 Å². The van der Waals surface area contributed by atoms with E-state index in [1.54, 1.807) is 6.20 Å². The third-order valence-electron chi connectivity index (χ3n) is 1.60. The molecule has 72 valence electrons. The van der Waals surface area contributed by atoms with Crippen LogP contribution in [-0.2, 0) is 11.3 Å². The quantitative estimate of drug-likeness (QED) is 0.543. The first-order chi connectivity index (χ1) is 6.24. The highest BCUT2D eigenvalue weighted by Crippen LogP contribution is 2.11. The molecule has 0 amide bonds. The highest BCUT2D eigenvalue weighted by Gasteiger charge is 2.02. The van der Waals surface area contributed by atoms with Crippen molar-refractivity contribution in [3.8, 4) is 0 Å². The minimum atomic E-state index is 0.214. The topological polar surface area (TPSA) is 60.2 Å². The van der Waals surface area contributed by atoms with E-state index in [0.29, 0.717) is 12.4 Å². The molecule has 13 heavy (non-hydrogen) atoms. The van der Waals surface area contributed by atoms with E-state index in [2.05, 4.69) is 10.4 Å². The van der Waals surface area contributed by atoms with Gasteiger partial charge in [0.15, 0.2) is 0 Å². The van der Waals surface area contributed by atoms with E-state index in [9.17, 15) is 0 Å². The molecule has 0 fully saturated rings. The third kappa shape index (κ3) is 3.01. The second kappa shape index (κ2) is 4.79. The first kappa shape index (κ1) is 9.95. The van der Waals surface area contributed by atoms with E-state index >= 15 is 0 Å². The van der Waals surface area contributed by atoms with Crippen molar-refractivity contribution in [3.05, 3.63) is 23.9 Å². The molecule has 0 aromatic carbocycles. The molecule has 3 N–H and O–H groups in total. The number of nitrogens with two attached hydrogens (primary N) is 1. The molecule has 0 aliphatic heterocycles. The number of nitrogens with zero attached hydrogens (tertiary/aromatic N) is 1. The zero-order chi connectivity index (χ0) is 9.68. The van der Waals surface area contributed by atoms with Gasteiger partial charge in [-0.1, -0.05) is 6.07 Å². The van der Waals surface area contributed by atoms with Crippen molar-refractivity contribution in [1.82, 2.24) is 4.98 Å². The van der Waals surface area contributed by atoms with Crippen LogP contribution in [0.15, 0.2) is 18.3 Å². The molecule has 1 aromatic heterocycles. The van der Waals surface area contributed by atoms with Crippen LogP contribution >= 0.6 is 0 Å². The van der Waals surface area contributed by atoms with Crippen molar-refractivity contribution in [1.29, 1.82) is 0 Å².